The number of hydrogen-bond acceptors (Lipinski definition) is 4. The first-order chi connectivity index (χ1) is 12.2. The van der Waals surface area contributed by atoms with Crippen LogP contribution in [-0.4, -0.2) is 25.7 Å². The summed E-state index contributed by atoms with van der Waals surface area (Å²) in [5.74, 6) is -0.528. The maximum absolute atomic E-state index is 13.1. The van der Waals surface area contributed by atoms with E-state index in [1.165, 1.54) is 30.7 Å². The molecule has 0 aliphatic heterocycles. The number of benzene rings is 1. The molecule has 0 saturated carbocycles. The van der Waals surface area contributed by atoms with Crippen molar-refractivity contribution in [2.45, 2.75) is 25.3 Å². The van der Waals surface area contributed by atoms with Crippen molar-refractivity contribution < 1.29 is 9.18 Å². The zero-order valence-electron chi connectivity index (χ0n) is 13.4. The molecule has 0 saturated heterocycles. The van der Waals surface area contributed by atoms with Crippen LogP contribution in [0.4, 0.5) is 4.39 Å². The Morgan fingerprint density at radius 1 is 1.20 bits per heavy atom. The molecule has 0 fully saturated rings. The summed E-state index contributed by atoms with van der Waals surface area (Å²) in [5, 5.41) is 7.45. The fourth-order valence-electron chi connectivity index (χ4n) is 3.16. The van der Waals surface area contributed by atoms with Crippen LogP contribution in [0, 0.1) is 5.82 Å². The van der Waals surface area contributed by atoms with Gasteiger partial charge in [-0.15, -0.1) is 0 Å². The van der Waals surface area contributed by atoms with Crippen LogP contribution in [0.15, 0.2) is 49.1 Å². The Labute approximate surface area is 143 Å². The lowest BCUT2D eigenvalue weighted by Crippen LogP contribution is -2.31. The third-order valence-corrected chi connectivity index (χ3v) is 4.36. The molecule has 2 heterocycles. The number of aromatic nitrogens is 4. The average molecular weight is 337 g/mol. The maximum Gasteiger partial charge on any atom is 0.271 e. The Kier molecular flexibility index (Phi) is 3.97. The highest BCUT2D eigenvalue weighted by Crippen LogP contribution is 2.31. The molecule has 0 spiro atoms. The van der Waals surface area contributed by atoms with E-state index in [2.05, 4.69) is 20.4 Å². The first kappa shape index (κ1) is 15.4. The zero-order valence-corrected chi connectivity index (χ0v) is 13.4. The van der Waals surface area contributed by atoms with E-state index in [0.29, 0.717) is 5.69 Å². The molecule has 2 aromatic heterocycles. The number of hydrogen-bond donors (Lipinski definition) is 1. The first-order valence-corrected chi connectivity index (χ1v) is 8.12. The van der Waals surface area contributed by atoms with Gasteiger partial charge >= 0.3 is 0 Å². The molecule has 7 heteroatoms. The maximum atomic E-state index is 13.1. The predicted molar refractivity (Wildman–Crippen MR) is 88.7 cm³/mol. The number of carbonyl (C=O) groups excluding carboxylic acids is 1. The highest BCUT2D eigenvalue weighted by atomic mass is 19.1. The fraction of sp³-hybridized carbons (Fsp3) is 0.222. The minimum absolute atomic E-state index is 0.118. The quantitative estimate of drug-likeness (QED) is 0.797. The molecule has 126 valence electrons. The van der Waals surface area contributed by atoms with Crippen LogP contribution in [0.25, 0.3) is 5.69 Å². The summed E-state index contributed by atoms with van der Waals surface area (Å²) < 4.78 is 15.0. The van der Waals surface area contributed by atoms with Crippen LogP contribution in [0.1, 0.15) is 40.6 Å². The monoisotopic (exact) mass is 337 g/mol. The molecule has 0 unspecified atom stereocenters. The summed E-state index contributed by atoms with van der Waals surface area (Å²) in [7, 11) is 0. The average Bonchev–Trinajstić information content (AvgIpc) is 3.08. The number of halogens is 1. The van der Waals surface area contributed by atoms with Crippen LogP contribution < -0.4 is 5.32 Å². The third kappa shape index (κ3) is 3.00. The lowest BCUT2D eigenvalue weighted by atomic mass is 9.92. The van der Waals surface area contributed by atoms with Crippen LogP contribution in [0.5, 0.6) is 0 Å². The number of amides is 1. The van der Waals surface area contributed by atoms with Gasteiger partial charge in [-0.2, -0.15) is 5.10 Å². The Morgan fingerprint density at radius 2 is 2.04 bits per heavy atom. The Hall–Kier alpha value is -3.09. The summed E-state index contributed by atoms with van der Waals surface area (Å²) in [6.07, 6.45) is 8.89. The predicted octanol–water partition coefficient (Wildman–Crippen LogP) is 2.61. The SMILES string of the molecule is O=C(N[C@H]1CCCc2c1cnn2-c1ccc(F)cc1)c1cnccn1. The van der Waals surface area contributed by atoms with Gasteiger partial charge < -0.3 is 5.32 Å². The zero-order chi connectivity index (χ0) is 17.2. The van der Waals surface area contributed by atoms with E-state index in [1.807, 2.05) is 4.68 Å². The molecule has 25 heavy (non-hydrogen) atoms. The molecule has 1 aliphatic rings. The molecule has 3 aromatic rings. The molecule has 4 rings (SSSR count). The van der Waals surface area contributed by atoms with Crippen LogP contribution in [-0.2, 0) is 6.42 Å². The molecular formula is C18H16FN5O. The standard InChI is InChI=1S/C18H16FN5O/c19-12-4-6-13(7-5-12)24-17-3-1-2-15(14(17)10-22-24)23-18(25)16-11-20-8-9-21-16/h4-11,15H,1-3H2,(H,23,25)/t15-/m0/s1. The van der Waals surface area contributed by atoms with E-state index in [4.69, 9.17) is 0 Å². The van der Waals surface area contributed by atoms with E-state index >= 15 is 0 Å². The molecule has 1 aromatic carbocycles. The summed E-state index contributed by atoms with van der Waals surface area (Å²) in [4.78, 5) is 20.3. The van der Waals surface area contributed by atoms with E-state index in [-0.39, 0.29) is 17.8 Å². The van der Waals surface area contributed by atoms with Crippen molar-refractivity contribution in [3.8, 4) is 5.69 Å². The van der Waals surface area contributed by atoms with Gasteiger partial charge in [-0.05, 0) is 43.5 Å². The van der Waals surface area contributed by atoms with Crippen LogP contribution in [0.2, 0.25) is 0 Å². The van der Waals surface area contributed by atoms with Gasteiger partial charge in [0.15, 0.2) is 0 Å². The summed E-state index contributed by atoms with van der Waals surface area (Å²) in [5.41, 5.74) is 3.14. The van der Waals surface area contributed by atoms with E-state index in [1.54, 1.807) is 18.3 Å². The van der Waals surface area contributed by atoms with Gasteiger partial charge in [0.25, 0.3) is 5.91 Å². The smallest absolute Gasteiger partial charge is 0.271 e. The Balaban J connectivity index is 1.61. The molecule has 1 aliphatic carbocycles. The lowest BCUT2D eigenvalue weighted by molar-refractivity contribution is 0.0927. The van der Waals surface area contributed by atoms with Gasteiger partial charge in [-0.25, -0.2) is 14.1 Å². The normalized spacial score (nSPS) is 16.3. The van der Waals surface area contributed by atoms with Gasteiger partial charge in [0.05, 0.1) is 24.1 Å². The number of rotatable bonds is 3. The molecule has 1 N–H and O–H groups in total. The summed E-state index contributed by atoms with van der Waals surface area (Å²) in [6, 6.07) is 6.11. The summed E-state index contributed by atoms with van der Waals surface area (Å²) >= 11 is 0. The Morgan fingerprint density at radius 3 is 2.80 bits per heavy atom. The fourth-order valence-corrected chi connectivity index (χ4v) is 3.16. The van der Waals surface area contributed by atoms with Crippen molar-refractivity contribution in [3.63, 3.8) is 0 Å². The van der Waals surface area contributed by atoms with Crippen molar-refractivity contribution >= 4 is 5.91 Å². The number of nitrogens with zero attached hydrogens (tertiary/aromatic N) is 4. The highest BCUT2D eigenvalue weighted by molar-refractivity contribution is 5.92. The van der Waals surface area contributed by atoms with Gasteiger partial charge in [-0.3, -0.25) is 9.78 Å². The first-order valence-electron chi connectivity index (χ1n) is 8.12. The number of nitrogens with one attached hydrogen (secondary N) is 1. The highest BCUT2D eigenvalue weighted by Gasteiger charge is 2.26. The molecule has 0 bridgehead atoms. The molecule has 6 nitrogen and oxygen atoms in total. The van der Waals surface area contributed by atoms with Crippen molar-refractivity contribution in [2.75, 3.05) is 0 Å². The molecule has 0 radical (unpaired) electrons. The van der Waals surface area contributed by atoms with Crippen molar-refractivity contribution in [2.24, 2.45) is 0 Å². The van der Waals surface area contributed by atoms with Crippen molar-refractivity contribution in [1.82, 2.24) is 25.1 Å². The van der Waals surface area contributed by atoms with Crippen molar-refractivity contribution in [1.29, 1.82) is 0 Å². The summed E-state index contributed by atoms with van der Waals surface area (Å²) in [6.45, 7) is 0. The lowest BCUT2D eigenvalue weighted by Gasteiger charge is -2.24. The second-order valence-electron chi connectivity index (χ2n) is 5.94. The Bertz CT molecular complexity index is 892. The molecular weight excluding hydrogens is 321 g/mol. The minimum Gasteiger partial charge on any atom is -0.344 e. The van der Waals surface area contributed by atoms with E-state index in [0.717, 1.165) is 36.2 Å². The molecule has 1 amide bonds. The van der Waals surface area contributed by atoms with Gasteiger partial charge in [-0.1, -0.05) is 0 Å². The number of carbonyl (C=O) groups is 1. The van der Waals surface area contributed by atoms with Crippen LogP contribution >= 0.6 is 0 Å². The second kappa shape index (κ2) is 6.43. The van der Waals surface area contributed by atoms with Gasteiger partial charge in [0.2, 0.25) is 0 Å². The van der Waals surface area contributed by atoms with Gasteiger partial charge in [0, 0.05) is 23.7 Å². The largest absolute Gasteiger partial charge is 0.344 e. The van der Waals surface area contributed by atoms with Gasteiger partial charge in [0.1, 0.15) is 11.5 Å². The van der Waals surface area contributed by atoms with Crippen LogP contribution in [0.3, 0.4) is 0 Å². The molecule has 1 atom stereocenters. The second-order valence-corrected chi connectivity index (χ2v) is 5.94. The minimum atomic E-state index is -0.279. The van der Waals surface area contributed by atoms with E-state index in [9.17, 15) is 9.18 Å². The number of fused-ring (bicyclic) bond motifs is 1. The van der Waals surface area contributed by atoms with Crippen molar-refractivity contribution in [3.05, 3.63) is 71.8 Å². The third-order valence-electron chi connectivity index (χ3n) is 4.36. The topological polar surface area (TPSA) is 72.7 Å². The van der Waals surface area contributed by atoms with E-state index < -0.39 is 0 Å².